The Morgan fingerprint density at radius 1 is 1.28 bits per heavy atom. The molecule has 130 valence electrons. The largest absolute Gasteiger partial charge is 0.494 e. The highest BCUT2D eigenvalue weighted by atomic mass is 32.1. The maximum Gasteiger partial charge on any atom is 0.337 e. The Bertz CT molecular complexity index is 947. The Kier molecular flexibility index (Phi) is 5.14. The Balaban J connectivity index is 1.68. The predicted molar refractivity (Wildman–Crippen MR) is 96.7 cm³/mol. The van der Waals surface area contributed by atoms with Gasteiger partial charge < -0.3 is 9.84 Å². The maximum atomic E-state index is 12.7. The molecule has 2 heterocycles. The molecule has 0 radical (unpaired) electrons. The van der Waals surface area contributed by atoms with Crippen LogP contribution in [0.1, 0.15) is 29.0 Å². The number of unbranched alkanes of at least 4 members (excludes halogenated alkanes) is 1. The maximum absolute atomic E-state index is 12.7. The molecule has 1 aromatic carbocycles. The first kappa shape index (κ1) is 17.2. The van der Waals surface area contributed by atoms with E-state index in [2.05, 4.69) is 4.98 Å². The van der Waals surface area contributed by atoms with Crippen LogP contribution in [0.5, 0.6) is 5.75 Å². The van der Waals surface area contributed by atoms with Crippen LogP contribution in [0.25, 0.3) is 10.2 Å². The molecule has 0 fully saturated rings. The molecule has 0 amide bonds. The van der Waals surface area contributed by atoms with Crippen LogP contribution in [0.2, 0.25) is 0 Å². The van der Waals surface area contributed by atoms with E-state index in [0.717, 1.165) is 18.6 Å². The zero-order chi connectivity index (χ0) is 17.8. The molecule has 3 rings (SSSR count). The molecule has 1 N–H and O–H groups in total. The quantitative estimate of drug-likeness (QED) is 0.655. The summed E-state index contributed by atoms with van der Waals surface area (Å²) >= 11 is 1.18. The average molecular weight is 358 g/mol. The van der Waals surface area contributed by atoms with Gasteiger partial charge in [0.15, 0.2) is 0 Å². The van der Waals surface area contributed by atoms with Crippen molar-refractivity contribution in [2.45, 2.75) is 26.3 Å². The number of aromatic carboxylic acids is 1. The van der Waals surface area contributed by atoms with Gasteiger partial charge in [-0.15, -0.1) is 11.3 Å². The van der Waals surface area contributed by atoms with E-state index < -0.39 is 5.97 Å². The number of nitrogens with zero attached hydrogens (tertiary/aromatic N) is 2. The Labute approximate surface area is 148 Å². The fourth-order valence-electron chi connectivity index (χ4n) is 2.63. The molecule has 6 nitrogen and oxygen atoms in total. The third-order valence-corrected chi connectivity index (χ3v) is 4.78. The molecule has 7 heteroatoms. The molecule has 0 spiro atoms. The minimum absolute atomic E-state index is 0.0265. The first-order chi connectivity index (χ1) is 12.1. The Hall–Kier alpha value is -2.67. The number of rotatable bonds is 7. The molecule has 2 aromatic heterocycles. The summed E-state index contributed by atoms with van der Waals surface area (Å²) in [6.07, 6.45) is 1.53. The van der Waals surface area contributed by atoms with Gasteiger partial charge in [0.25, 0.3) is 5.56 Å². The van der Waals surface area contributed by atoms with Crippen LogP contribution in [0, 0.1) is 6.92 Å². The normalized spacial score (nSPS) is 10.9. The lowest BCUT2D eigenvalue weighted by molar-refractivity contribution is 0.0699. The van der Waals surface area contributed by atoms with E-state index in [1.54, 1.807) is 11.5 Å². The number of hydrogen-bond donors (Lipinski definition) is 1. The number of carbonyl (C=O) groups is 1. The summed E-state index contributed by atoms with van der Waals surface area (Å²) in [6.45, 7) is 2.81. The molecule has 0 aliphatic rings. The van der Waals surface area contributed by atoms with Gasteiger partial charge in [-0.05, 0) is 31.9 Å². The second-order valence-electron chi connectivity index (χ2n) is 5.62. The summed E-state index contributed by atoms with van der Waals surface area (Å²) in [5.41, 5.74) is -0.260. The van der Waals surface area contributed by atoms with Crippen molar-refractivity contribution in [2.75, 3.05) is 6.61 Å². The minimum Gasteiger partial charge on any atom is -0.494 e. The van der Waals surface area contributed by atoms with Crippen molar-refractivity contribution >= 4 is 27.5 Å². The second kappa shape index (κ2) is 7.48. The highest BCUT2D eigenvalue weighted by Gasteiger charge is 2.18. The second-order valence-corrected chi connectivity index (χ2v) is 6.48. The molecular formula is C18H18N2O4S. The molecule has 0 saturated carbocycles. The van der Waals surface area contributed by atoms with E-state index in [1.165, 1.54) is 16.7 Å². The number of ether oxygens (including phenoxy) is 1. The lowest BCUT2D eigenvalue weighted by Crippen LogP contribution is -2.24. The number of aryl methyl sites for hydroxylation is 1. The van der Waals surface area contributed by atoms with Crippen molar-refractivity contribution in [3.8, 4) is 5.75 Å². The number of thiophene rings is 1. The van der Waals surface area contributed by atoms with Crippen LogP contribution in [0.4, 0.5) is 0 Å². The van der Waals surface area contributed by atoms with Crippen molar-refractivity contribution in [2.24, 2.45) is 0 Å². The molecule has 3 aromatic rings. The minimum atomic E-state index is -1.10. The van der Waals surface area contributed by atoms with Crippen molar-refractivity contribution < 1.29 is 14.6 Å². The van der Waals surface area contributed by atoms with Crippen LogP contribution in [0.15, 0.2) is 40.5 Å². The summed E-state index contributed by atoms with van der Waals surface area (Å²) < 4.78 is 7.18. The topological polar surface area (TPSA) is 81.4 Å². The number of hydrogen-bond acceptors (Lipinski definition) is 5. The molecule has 0 bridgehead atoms. The zero-order valence-corrected chi connectivity index (χ0v) is 14.6. The van der Waals surface area contributed by atoms with Crippen LogP contribution < -0.4 is 10.3 Å². The number of aromatic nitrogens is 2. The Morgan fingerprint density at radius 3 is 2.76 bits per heavy atom. The van der Waals surface area contributed by atoms with E-state index in [-0.39, 0.29) is 16.5 Å². The zero-order valence-electron chi connectivity index (χ0n) is 13.8. The third-order valence-electron chi connectivity index (χ3n) is 3.90. The van der Waals surface area contributed by atoms with Gasteiger partial charge >= 0.3 is 5.97 Å². The fourth-order valence-corrected chi connectivity index (χ4v) is 3.57. The molecule has 0 aliphatic heterocycles. The lowest BCUT2D eigenvalue weighted by atomic mass is 10.2. The number of para-hydroxylation sites is 1. The van der Waals surface area contributed by atoms with E-state index >= 15 is 0 Å². The Morgan fingerprint density at radius 2 is 2.04 bits per heavy atom. The number of fused-ring (bicyclic) bond motifs is 1. The van der Waals surface area contributed by atoms with E-state index in [4.69, 9.17) is 4.74 Å². The highest BCUT2D eigenvalue weighted by Crippen LogP contribution is 2.21. The molecule has 25 heavy (non-hydrogen) atoms. The molecule has 0 saturated heterocycles. The van der Waals surface area contributed by atoms with Crippen LogP contribution in [-0.4, -0.2) is 27.2 Å². The molecule has 0 unspecified atom stereocenters. The summed E-state index contributed by atoms with van der Waals surface area (Å²) in [4.78, 5) is 28.8. The van der Waals surface area contributed by atoms with Crippen molar-refractivity contribution in [1.29, 1.82) is 0 Å². The van der Waals surface area contributed by atoms with Gasteiger partial charge in [0.2, 0.25) is 0 Å². The van der Waals surface area contributed by atoms with Gasteiger partial charge in [-0.25, -0.2) is 9.78 Å². The number of carboxylic acids is 1. The van der Waals surface area contributed by atoms with Crippen molar-refractivity contribution in [3.63, 3.8) is 0 Å². The van der Waals surface area contributed by atoms with E-state index in [1.807, 2.05) is 30.3 Å². The number of carboxylic acid groups (broad SMARTS) is 1. The predicted octanol–water partition coefficient (Wildman–Crippen LogP) is 3.32. The third kappa shape index (κ3) is 3.71. The smallest absolute Gasteiger partial charge is 0.337 e. The van der Waals surface area contributed by atoms with Crippen molar-refractivity contribution in [1.82, 2.24) is 9.55 Å². The summed E-state index contributed by atoms with van der Waals surface area (Å²) in [6, 6.07) is 9.56. The van der Waals surface area contributed by atoms with Crippen LogP contribution in [0.3, 0.4) is 0 Å². The van der Waals surface area contributed by atoms with Crippen LogP contribution >= 0.6 is 11.3 Å². The monoisotopic (exact) mass is 358 g/mol. The molecule has 0 aliphatic carbocycles. The number of benzene rings is 1. The first-order valence-corrected chi connectivity index (χ1v) is 8.85. The van der Waals surface area contributed by atoms with Crippen molar-refractivity contribution in [3.05, 3.63) is 57.5 Å². The van der Waals surface area contributed by atoms with Gasteiger partial charge in [0.1, 0.15) is 16.4 Å². The summed E-state index contributed by atoms with van der Waals surface area (Å²) in [5.74, 6) is 0.320. The first-order valence-electron chi connectivity index (χ1n) is 7.97. The van der Waals surface area contributed by atoms with E-state index in [0.29, 0.717) is 23.8 Å². The molecule has 0 atom stereocenters. The summed E-state index contributed by atoms with van der Waals surface area (Å²) in [5, 5.41) is 10.9. The van der Waals surface area contributed by atoms with Gasteiger partial charge in [0.05, 0.1) is 17.6 Å². The van der Waals surface area contributed by atoms with E-state index in [9.17, 15) is 14.7 Å². The highest BCUT2D eigenvalue weighted by molar-refractivity contribution is 7.17. The van der Waals surface area contributed by atoms with Gasteiger partial charge in [-0.1, -0.05) is 18.2 Å². The average Bonchev–Trinajstić information content (AvgIpc) is 3.02. The van der Waals surface area contributed by atoms with Gasteiger partial charge in [-0.3, -0.25) is 9.36 Å². The fraction of sp³-hybridized carbons (Fsp3) is 0.278. The SMILES string of the molecule is Cc1nc2scc(C(=O)O)c2c(=O)n1CCCCOc1ccccc1. The molecular weight excluding hydrogens is 340 g/mol. The lowest BCUT2D eigenvalue weighted by Gasteiger charge is -2.10. The standard InChI is InChI=1S/C18H18N2O4S/c1-12-19-16-15(14(11-25-16)18(22)23)17(21)20(12)9-5-6-10-24-13-7-3-2-4-8-13/h2-4,7-8,11H,5-6,9-10H2,1H3,(H,22,23). The van der Waals surface area contributed by atoms with Crippen LogP contribution in [-0.2, 0) is 6.54 Å². The van der Waals surface area contributed by atoms with Gasteiger partial charge in [-0.2, -0.15) is 0 Å². The summed E-state index contributed by atoms with van der Waals surface area (Å²) in [7, 11) is 0. The van der Waals surface area contributed by atoms with Gasteiger partial charge in [0, 0.05) is 11.9 Å².